The standard InChI is InChI=1S/C20H38N2O2/c1-15(2)17-8-10-18(11-9-17)21-13-16-7-6-12-22(14-16)19(23)24-20(3,4)5/h15-18,21H,6-14H2,1-5H3/t16-,17?,18?/m1/s1. The molecule has 2 aliphatic rings. The zero-order valence-corrected chi connectivity index (χ0v) is 16.4. The van der Waals surface area contributed by atoms with Gasteiger partial charge < -0.3 is 15.0 Å². The number of likely N-dealkylation sites (tertiary alicyclic amines) is 1. The number of ether oxygens (including phenoxy) is 1. The van der Waals surface area contributed by atoms with Crippen molar-refractivity contribution >= 4 is 6.09 Å². The third kappa shape index (κ3) is 6.27. The molecular formula is C20H38N2O2. The first-order valence-electron chi connectivity index (χ1n) is 9.96. The van der Waals surface area contributed by atoms with Crippen LogP contribution in [0.1, 0.15) is 73.1 Å². The van der Waals surface area contributed by atoms with Gasteiger partial charge in [-0.15, -0.1) is 0 Å². The quantitative estimate of drug-likeness (QED) is 0.824. The van der Waals surface area contributed by atoms with Gasteiger partial charge in [0.05, 0.1) is 0 Å². The second kappa shape index (κ2) is 8.55. The summed E-state index contributed by atoms with van der Waals surface area (Å²) in [5.74, 6) is 2.31. The lowest BCUT2D eigenvalue weighted by Crippen LogP contribution is -2.46. The fraction of sp³-hybridized carbons (Fsp3) is 0.950. The summed E-state index contributed by atoms with van der Waals surface area (Å²) >= 11 is 0. The normalized spacial score (nSPS) is 28.9. The van der Waals surface area contributed by atoms with Gasteiger partial charge in [0, 0.05) is 19.1 Å². The van der Waals surface area contributed by atoms with E-state index in [-0.39, 0.29) is 6.09 Å². The lowest BCUT2D eigenvalue weighted by Gasteiger charge is -2.36. The highest BCUT2D eigenvalue weighted by Gasteiger charge is 2.28. The summed E-state index contributed by atoms with van der Waals surface area (Å²) in [5, 5.41) is 3.78. The monoisotopic (exact) mass is 338 g/mol. The summed E-state index contributed by atoms with van der Waals surface area (Å²) in [6, 6.07) is 0.678. The molecule has 0 aromatic rings. The second-order valence-electron chi connectivity index (χ2n) is 9.20. The van der Waals surface area contributed by atoms with Crippen LogP contribution in [-0.4, -0.2) is 42.3 Å². The minimum absolute atomic E-state index is 0.148. The summed E-state index contributed by atoms with van der Waals surface area (Å²) in [4.78, 5) is 14.1. The Morgan fingerprint density at radius 1 is 1.17 bits per heavy atom. The van der Waals surface area contributed by atoms with Crippen molar-refractivity contribution in [1.29, 1.82) is 0 Å². The predicted octanol–water partition coefficient (Wildman–Crippen LogP) is 4.44. The van der Waals surface area contributed by atoms with E-state index in [0.717, 1.165) is 37.9 Å². The van der Waals surface area contributed by atoms with Gasteiger partial charge in [0.25, 0.3) is 0 Å². The van der Waals surface area contributed by atoms with Crippen molar-refractivity contribution in [3.05, 3.63) is 0 Å². The highest BCUT2D eigenvalue weighted by molar-refractivity contribution is 5.68. The molecule has 1 aliphatic heterocycles. The van der Waals surface area contributed by atoms with Crippen LogP contribution in [0.25, 0.3) is 0 Å². The molecule has 1 saturated heterocycles. The van der Waals surface area contributed by atoms with Gasteiger partial charge in [0.2, 0.25) is 0 Å². The Morgan fingerprint density at radius 2 is 1.83 bits per heavy atom. The minimum Gasteiger partial charge on any atom is -0.444 e. The Balaban J connectivity index is 1.71. The topological polar surface area (TPSA) is 41.6 Å². The Morgan fingerprint density at radius 3 is 2.42 bits per heavy atom. The zero-order valence-electron chi connectivity index (χ0n) is 16.4. The van der Waals surface area contributed by atoms with Crippen molar-refractivity contribution in [3.63, 3.8) is 0 Å². The summed E-state index contributed by atoms with van der Waals surface area (Å²) < 4.78 is 5.52. The molecule has 1 heterocycles. The molecule has 1 atom stereocenters. The number of nitrogens with one attached hydrogen (secondary N) is 1. The zero-order chi connectivity index (χ0) is 17.7. The second-order valence-corrected chi connectivity index (χ2v) is 9.20. The molecule has 0 radical (unpaired) electrons. The number of nitrogens with zero attached hydrogens (tertiary/aromatic N) is 1. The van der Waals surface area contributed by atoms with Gasteiger partial charge >= 0.3 is 6.09 Å². The molecule has 140 valence electrons. The van der Waals surface area contributed by atoms with Crippen LogP contribution in [-0.2, 0) is 4.74 Å². The van der Waals surface area contributed by atoms with E-state index in [2.05, 4.69) is 19.2 Å². The highest BCUT2D eigenvalue weighted by Crippen LogP contribution is 2.30. The molecule has 1 N–H and O–H groups in total. The third-order valence-corrected chi connectivity index (χ3v) is 5.58. The molecule has 4 heteroatoms. The average molecular weight is 339 g/mol. The molecule has 24 heavy (non-hydrogen) atoms. The van der Waals surface area contributed by atoms with Crippen LogP contribution >= 0.6 is 0 Å². The fourth-order valence-electron chi connectivity index (χ4n) is 4.05. The van der Waals surface area contributed by atoms with Crippen molar-refractivity contribution in [2.75, 3.05) is 19.6 Å². The van der Waals surface area contributed by atoms with Gasteiger partial charge in [-0.05, 0) is 83.6 Å². The Kier molecular flexibility index (Phi) is 6.97. The first kappa shape index (κ1) is 19.6. The molecule has 4 nitrogen and oxygen atoms in total. The van der Waals surface area contributed by atoms with Crippen LogP contribution in [0.15, 0.2) is 0 Å². The first-order valence-corrected chi connectivity index (χ1v) is 9.96. The number of carbonyl (C=O) groups excluding carboxylic acids is 1. The van der Waals surface area contributed by atoms with Crippen molar-refractivity contribution in [3.8, 4) is 0 Å². The summed E-state index contributed by atoms with van der Waals surface area (Å²) in [7, 11) is 0. The number of carbonyl (C=O) groups is 1. The van der Waals surface area contributed by atoms with Crippen LogP contribution in [0.5, 0.6) is 0 Å². The summed E-state index contributed by atoms with van der Waals surface area (Å²) in [6.07, 6.45) is 7.51. The number of hydrogen-bond donors (Lipinski definition) is 1. The minimum atomic E-state index is -0.405. The molecule has 0 spiro atoms. The molecule has 2 rings (SSSR count). The van der Waals surface area contributed by atoms with Crippen LogP contribution in [0.3, 0.4) is 0 Å². The molecule has 0 unspecified atom stereocenters. The van der Waals surface area contributed by atoms with Crippen LogP contribution < -0.4 is 5.32 Å². The lowest BCUT2D eigenvalue weighted by molar-refractivity contribution is 0.0164. The molecule has 1 amide bonds. The number of piperidine rings is 1. The maximum absolute atomic E-state index is 12.2. The van der Waals surface area contributed by atoms with Gasteiger partial charge in [-0.3, -0.25) is 0 Å². The van der Waals surface area contributed by atoms with Crippen molar-refractivity contribution < 1.29 is 9.53 Å². The fourth-order valence-corrected chi connectivity index (χ4v) is 4.05. The van der Waals surface area contributed by atoms with E-state index in [1.165, 1.54) is 32.1 Å². The SMILES string of the molecule is CC(C)C1CCC(NC[C@H]2CCCN(C(=O)OC(C)(C)C)C2)CC1. The van der Waals surface area contributed by atoms with Crippen LogP contribution in [0, 0.1) is 17.8 Å². The van der Waals surface area contributed by atoms with E-state index >= 15 is 0 Å². The molecule has 1 aliphatic carbocycles. The largest absolute Gasteiger partial charge is 0.444 e. The van der Waals surface area contributed by atoms with E-state index in [0.29, 0.717) is 12.0 Å². The Labute approximate surface area is 148 Å². The van der Waals surface area contributed by atoms with E-state index < -0.39 is 5.60 Å². The highest BCUT2D eigenvalue weighted by atomic mass is 16.6. The first-order chi connectivity index (χ1) is 11.2. The smallest absolute Gasteiger partial charge is 0.410 e. The van der Waals surface area contributed by atoms with E-state index in [9.17, 15) is 4.79 Å². The van der Waals surface area contributed by atoms with Crippen molar-refractivity contribution in [2.24, 2.45) is 17.8 Å². The van der Waals surface area contributed by atoms with Crippen LogP contribution in [0.2, 0.25) is 0 Å². The van der Waals surface area contributed by atoms with Gasteiger partial charge in [-0.25, -0.2) is 4.79 Å². The maximum atomic E-state index is 12.2. The summed E-state index contributed by atoms with van der Waals surface area (Å²) in [5.41, 5.74) is -0.405. The van der Waals surface area contributed by atoms with Crippen molar-refractivity contribution in [1.82, 2.24) is 10.2 Å². The average Bonchev–Trinajstić information content (AvgIpc) is 2.52. The third-order valence-electron chi connectivity index (χ3n) is 5.58. The molecule has 0 aromatic carbocycles. The molecule has 2 fully saturated rings. The number of hydrogen-bond acceptors (Lipinski definition) is 3. The number of amides is 1. The molecule has 1 saturated carbocycles. The van der Waals surface area contributed by atoms with E-state index in [1.807, 2.05) is 25.7 Å². The van der Waals surface area contributed by atoms with Gasteiger partial charge in [-0.2, -0.15) is 0 Å². The number of rotatable bonds is 4. The molecule has 0 aromatic heterocycles. The molecule has 0 bridgehead atoms. The summed E-state index contributed by atoms with van der Waals surface area (Å²) in [6.45, 7) is 13.2. The van der Waals surface area contributed by atoms with E-state index in [4.69, 9.17) is 4.74 Å². The van der Waals surface area contributed by atoms with Crippen LogP contribution in [0.4, 0.5) is 4.79 Å². The van der Waals surface area contributed by atoms with Gasteiger partial charge in [-0.1, -0.05) is 13.8 Å². The Hall–Kier alpha value is -0.770. The predicted molar refractivity (Wildman–Crippen MR) is 99.1 cm³/mol. The van der Waals surface area contributed by atoms with E-state index in [1.54, 1.807) is 0 Å². The van der Waals surface area contributed by atoms with Gasteiger partial charge in [0.1, 0.15) is 5.60 Å². The Bertz CT molecular complexity index is 395. The molecular weight excluding hydrogens is 300 g/mol. The van der Waals surface area contributed by atoms with Crippen molar-refractivity contribution in [2.45, 2.75) is 84.8 Å². The lowest BCUT2D eigenvalue weighted by atomic mass is 9.79. The van der Waals surface area contributed by atoms with Gasteiger partial charge in [0.15, 0.2) is 0 Å². The maximum Gasteiger partial charge on any atom is 0.410 e.